The predicted molar refractivity (Wildman–Crippen MR) is 78.7 cm³/mol. The monoisotopic (exact) mass is 272 g/mol. The van der Waals surface area contributed by atoms with E-state index in [4.69, 9.17) is 0 Å². The lowest BCUT2D eigenvalue weighted by Gasteiger charge is -2.23. The van der Waals surface area contributed by atoms with E-state index in [2.05, 4.69) is 30.8 Å². The smallest absolute Gasteiger partial charge is 0.226 e. The Morgan fingerprint density at radius 3 is 3.00 bits per heavy atom. The molecule has 2 heterocycles. The van der Waals surface area contributed by atoms with E-state index in [1.165, 1.54) is 25.7 Å². The van der Waals surface area contributed by atoms with Crippen molar-refractivity contribution in [1.82, 2.24) is 20.2 Å². The number of aromatic amines is 1. The van der Waals surface area contributed by atoms with Crippen molar-refractivity contribution in [2.24, 2.45) is 11.8 Å². The van der Waals surface area contributed by atoms with Crippen LogP contribution in [0, 0.1) is 11.8 Å². The Morgan fingerprint density at radius 1 is 1.30 bits per heavy atom. The highest BCUT2D eigenvalue weighted by atomic mass is 15.2. The van der Waals surface area contributed by atoms with Gasteiger partial charge in [-0.3, -0.25) is 5.10 Å². The van der Waals surface area contributed by atoms with Gasteiger partial charge in [-0.1, -0.05) is 6.42 Å². The molecule has 2 aromatic rings. The zero-order valence-electron chi connectivity index (χ0n) is 11.7. The largest absolute Gasteiger partial charge is 0.366 e. The van der Waals surface area contributed by atoms with Gasteiger partial charge in [-0.15, -0.1) is 0 Å². The van der Waals surface area contributed by atoms with Crippen LogP contribution >= 0.6 is 0 Å². The molecule has 3 N–H and O–H groups in total. The molecule has 106 valence electrons. The number of hydrogen-bond donors (Lipinski definition) is 3. The van der Waals surface area contributed by atoms with Crippen LogP contribution in [-0.2, 0) is 0 Å². The minimum absolute atomic E-state index is 0.566. The summed E-state index contributed by atoms with van der Waals surface area (Å²) in [7, 11) is 0. The Morgan fingerprint density at radius 2 is 2.25 bits per heavy atom. The Hall–Kier alpha value is -1.85. The maximum Gasteiger partial charge on any atom is 0.226 e. The Balaban J connectivity index is 1.65. The summed E-state index contributed by atoms with van der Waals surface area (Å²) in [5.41, 5.74) is 0.793. The molecule has 0 aromatic carbocycles. The van der Waals surface area contributed by atoms with Crippen LogP contribution in [0.4, 0.5) is 11.8 Å². The van der Waals surface area contributed by atoms with E-state index in [0.29, 0.717) is 12.0 Å². The molecule has 2 bridgehead atoms. The number of H-pyrrole nitrogens is 1. The molecule has 6 heteroatoms. The van der Waals surface area contributed by atoms with Crippen LogP contribution in [0.15, 0.2) is 6.20 Å². The maximum absolute atomic E-state index is 4.62. The molecule has 3 atom stereocenters. The summed E-state index contributed by atoms with van der Waals surface area (Å²) in [5, 5.41) is 14.8. The molecule has 0 saturated heterocycles. The molecule has 2 aliphatic carbocycles. The second kappa shape index (κ2) is 4.61. The van der Waals surface area contributed by atoms with Gasteiger partial charge in [0.2, 0.25) is 5.95 Å². The van der Waals surface area contributed by atoms with E-state index >= 15 is 0 Å². The Labute approximate surface area is 117 Å². The predicted octanol–water partition coefficient (Wildman–Crippen LogP) is 2.39. The summed E-state index contributed by atoms with van der Waals surface area (Å²) in [6.45, 7) is 2.86. The molecule has 4 rings (SSSR count). The third kappa shape index (κ3) is 1.90. The third-order valence-corrected chi connectivity index (χ3v) is 4.70. The Bertz CT molecular complexity index is 621. The first-order chi connectivity index (χ1) is 9.83. The lowest BCUT2D eigenvalue weighted by atomic mass is 9.95. The first-order valence-corrected chi connectivity index (χ1v) is 7.55. The van der Waals surface area contributed by atoms with Crippen LogP contribution in [0.5, 0.6) is 0 Å². The van der Waals surface area contributed by atoms with Crippen molar-refractivity contribution >= 4 is 22.8 Å². The van der Waals surface area contributed by atoms with E-state index in [9.17, 15) is 0 Å². The normalized spacial score (nSPS) is 28.1. The second-order valence-corrected chi connectivity index (χ2v) is 5.98. The summed E-state index contributed by atoms with van der Waals surface area (Å²) in [5.74, 6) is 3.32. The molecule has 3 unspecified atom stereocenters. The summed E-state index contributed by atoms with van der Waals surface area (Å²) < 4.78 is 0. The zero-order valence-corrected chi connectivity index (χ0v) is 11.7. The number of hydrogen-bond acceptors (Lipinski definition) is 5. The van der Waals surface area contributed by atoms with Gasteiger partial charge in [0.1, 0.15) is 5.82 Å². The quantitative estimate of drug-likeness (QED) is 0.796. The minimum Gasteiger partial charge on any atom is -0.366 e. The van der Waals surface area contributed by atoms with E-state index in [0.717, 1.165) is 35.2 Å². The Kier molecular flexibility index (Phi) is 2.75. The molecule has 2 fully saturated rings. The second-order valence-electron chi connectivity index (χ2n) is 5.98. The molecular formula is C14H20N6. The first kappa shape index (κ1) is 11.9. The van der Waals surface area contributed by atoms with Crippen molar-refractivity contribution < 1.29 is 0 Å². The molecule has 0 amide bonds. The van der Waals surface area contributed by atoms with Gasteiger partial charge in [-0.25, -0.2) is 0 Å². The van der Waals surface area contributed by atoms with Crippen molar-refractivity contribution in [3.8, 4) is 0 Å². The topological polar surface area (TPSA) is 78.5 Å². The first-order valence-electron chi connectivity index (χ1n) is 7.55. The SMILES string of the molecule is CCNc1nc(NC2CC3CCC2C3)c2cn[nH]c2n1. The van der Waals surface area contributed by atoms with Crippen LogP contribution in [0.3, 0.4) is 0 Å². The van der Waals surface area contributed by atoms with E-state index < -0.39 is 0 Å². The number of fused-ring (bicyclic) bond motifs is 3. The summed E-state index contributed by atoms with van der Waals surface area (Å²) in [4.78, 5) is 9.04. The van der Waals surface area contributed by atoms with Crippen molar-refractivity contribution in [1.29, 1.82) is 0 Å². The van der Waals surface area contributed by atoms with Crippen molar-refractivity contribution in [2.45, 2.75) is 38.6 Å². The van der Waals surface area contributed by atoms with E-state index in [1.807, 2.05) is 6.92 Å². The van der Waals surface area contributed by atoms with Gasteiger partial charge in [0.15, 0.2) is 5.65 Å². The van der Waals surface area contributed by atoms with Gasteiger partial charge in [-0.2, -0.15) is 15.1 Å². The van der Waals surface area contributed by atoms with E-state index in [-0.39, 0.29) is 0 Å². The van der Waals surface area contributed by atoms with Gasteiger partial charge in [0, 0.05) is 12.6 Å². The molecule has 2 saturated carbocycles. The molecule has 2 aromatic heterocycles. The molecular weight excluding hydrogens is 252 g/mol. The molecule has 2 aliphatic rings. The lowest BCUT2D eigenvalue weighted by molar-refractivity contribution is 0.439. The number of rotatable bonds is 4. The molecule has 20 heavy (non-hydrogen) atoms. The van der Waals surface area contributed by atoms with Gasteiger partial charge in [-0.05, 0) is 38.0 Å². The van der Waals surface area contributed by atoms with Gasteiger partial charge >= 0.3 is 0 Å². The van der Waals surface area contributed by atoms with Gasteiger partial charge in [0.05, 0.1) is 11.6 Å². The van der Waals surface area contributed by atoms with Crippen LogP contribution in [0.2, 0.25) is 0 Å². The average Bonchev–Trinajstić information content (AvgIpc) is 3.14. The number of nitrogens with zero attached hydrogens (tertiary/aromatic N) is 3. The highest BCUT2D eigenvalue weighted by Gasteiger charge is 2.39. The zero-order chi connectivity index (χ0) is 13.5. The van der Waals surface area contributed by atoms with Crippen LogP contribution < -0.4 is 10.6 Å². The van der Waals surface area contributed by atoms with Gasteiger partial charge in [0.25, 0.3) is 0 Å². The lowest BCUT2D eigenvalue weighted by Crippen LogP contribution is -2.26. The van der Waals surface area contributed by atoms with Crippen LogP contribution in [-0.4, -0.2) is 32.8 Å². The fourth-order valence-corrected chi connectivity index (χ4v) is 3.78. The van der Waals surface area contributed by atoms with Crippen molar-refractivity contribution in [2.75, 3.05) is 17.2 Å². The van der Waals surface area contributed by atoms with Crippen molar-refractivity contribution in [3.63, 3.8) is 0 Å². The highest BCUT2D eigenvalue weighted by molar-refractivity contribution is 5.87. The number of nitrogens with one attached hydrogen (secondary N) is 3. The summed E-state index contributed by atoms with van der Waals surface area (Å²) in [6, 6.07) is 0.566. The summed E-state index contributed by atoms with van der Waals surface area (Å²) >= 11 is 0. The summed E-state index contributed by atoms with van der Waals surface area (Å²) in [6.07, 6.45) is 7.25. The fraction of sp³-hybridized carbons (Fsp3) is 0.643. The van der Waals surface area contributed by atoms with Crippen LogP contribution in [0.25, 0.3) is 11.0 Å². The molecule has 0 spiro atoms. The molecule has 0 aliphatic heterocycles. The molecule has 6 nitrogen and oxygen atoms in total. The van der Waals surface area contributed by atoms with Crippen LogP contribution in [0.1, 0.15) is 32.6 Å². The highest BCUT2D eigenvalue weighted by Crippen LogP contribution is 2.45. The van der Waals surface area contributed by atoms with E-state index in [1.54, 1.807) is 6.20 Å². The number of aromatic nitrogens is 4. The molecule has 0 radical (unpaired) electrons. The van der Waals surface area contributed by atoms with Crippen molar-refractivity contribution in [3.05, 3.63) is 6.20 Å². The number of anilines is 2. The maximum atomic E-state index is 4.62. The minimum atomic E-state index is 0.566. The average molecular weight is 272 g/mol. The fourth-order valence-electron chi connectivity index (χ4n) is 3.78. The standard InChI is InChI=1S/C14H20N6/c1-2-15-14-18-12(10-7-16-20-13(10)19-14)17-11-6-8-3-4-9(11)5-8/h7-9,11H,2-6H2,1H3,(H3,15,16,17,18,19,20). The third-order valence-electron chi connectivity index (χ3n) is 4.70. The van der Waals surface area contributed by atoms with Gasteiger partial charge < -0.3 is 10.6 Å².